The van der Waals surface area contributed by atoms with Gasteiger partial charge in [0.2, 0.25) is 10.0 Å². The molecule has 1 fully saturated rings. The van der Waals surface area contributed by atoms with Crippen LogP contribution in [0.3, 0.4) is 0 Å². The molecule has 0 aliphatic carbocycles. The highest BCUT2D eigenvalue weighted by molar-refractivity contribution is 7.90. The number of halogens is 1. The molecule has 0 unspecified atom stereocenters. The molecule has 2 heterocycles. The lowest BCUT2D eigenvalue weighted by atomic mass is 9.98. The molecule has 7 heteroatoms. The van der Waals surface area contributed by atoms with Crippen LogP contribution in [0.4, 0.5) is 0 Å². The summed E-state index contributed by atoms with van der Waals surface area (Å²) in [5, 5.41) is 0.124. The fourth-order valence-corrected chi connectivity index (χ4v) is 3.61. The molecule has 1 aromatic heterocycles. The number of pyridine rings is 1. The first-order chi connectivity index (χ1) is 10.4. The van der Waals surface area contributed by atoms with Crippen molar-refractivity contribution in [2.45, 2.75) is 38.5 Å². The van der Waals surface area contributed by atoms with Crippen molar-refractivity contribution in [2.75, 3.05) is 19.6 Å². The molecular weight excluding hydrogens is 322 g/mol. The monoisotopic (exact) mass is 345 g/mol. The molecule has 0 saturated carbocycles. The van der Waals surface area contributed by atoms with E-state index in [0.717, 1.165) is 38.2 Å². The van der Waals surface area contributed by atoms with Crippen LogP contribution in [0.2, 0.25) is 5.15 Å². The van der Waals surface area contributed by atoms with Crippen LogP contribution in [-0.2, 0) is 16.6 Å². The molecule has 0 amide bonds. The predicted octanol–water partition coefficient (Wildman–Crippen LogP) is 2.27. The largest absolute Gasteiger partial charge is 0.297 e. The minimum atomic E-state index is -3.18. The highest BCUT2D eigenvalue weighted by atomic mass is 35.5. The summed E-state index contributed by atoms with van der Waals surface area (Å²) in [5.41, 5.74) is 0.955. The summed E-state index contributed by atoms with van der Waals surface area (Å²) < 4.78 is 26.4. The zero-order chi connectivity index (χ0) is 16.2. The third-order valence-electron chi connectivity index (χ3n) is 3.96. The summed E-state index contributed by atoms with van der Waals surface area (Å²) in [6.07, 6.45) is 2.13. The zero-order valence-electron chi connectivity index (χ0n) is 13.1. The van der Waals surface area contributed by atoms with Gasteiger partial charge < -0.3 is 0 Å². The quantitative estimate of drug-likeness (QED) is 0.803. The van der Waals surface area contributed by atoms with Crippen LogP contribution in [-0.4, -0.2) is 43.2 Å². The van der Waals surface area contributed by atoms with Crippen molar-refractivity contribution in [3.05, 3.63) is 29.0 Å². The van der Waals surface area contributed by atoms with Gasteiger partial charge in [0.1, 0.15) is 5.15 Å². The third-order valence-corrected chi connectivity index (χ3v) is 5.98. The Morgan fingerprint density at radius 1 is 1.45 bits per heavy atom. The number of rotatable bonds is 6. The van der Waals surface area contributed by atoms with Gasteiger partial charge in [-0.1, -0.05) is 17.7 Å². The Balaban J connectivity index is 1.87. The van der Waals surface area contributed by atoms with E-state index in [1.165, 1.54) is 0 Å². The van der Waals surface area contributed by atoms with Gasteiger partial charge in [-0.15, -0.1) is 0 Å². The lowest BCUT2D eigenvalue weighted by Crippen LogP contribution is -2.42. The zero-order valence-corrected chi connectivity index (χ0v) is 14.7. The molecule has 5 nitrogen and oxygen atoms in total. The van der Waals surface area contributed by atoms with Crippen LogP contribution < -0.4 is 4.72 Å². The van der Waals surface area contributed by atoms with Gasteiger partial charge in [-0.25, -0.2) is 18.1 Å². The maximum absolute atomic E-state index is 11.8. The number of nitrogens with one attached hydrogen (secondary N) is 1. The molecule has 1 saturated heterocycles. The summed E-state index contributed by atoms with van der Waals surface area (Å²) in [4.78, 5) is 6.63. The van der Waals surface area contributed by atoms with E-state index >= 15 is 0 Å². The molecule has 124 valence electrons. The average Bonchev–Trinajstić information content (AvgIpc) is 2.45. The fraction of sp³-hybridized carbons (Fsp3) is 0.667. The Labute approximate surface area is 138 Å². The Kier molecular flexibility index (Phi) is 6.20. The van der Waals surface area contributed by atoms with Crippen molar-refractivity contribution in [1.29, 1.82) is 0 Å². The van der Waals surface area contributed by atoms with Gasteiger partial charge in [-0.05, 0) is 51.3 Å². The van der Waals surface area contributed by atoms with Gasteiger partial charge in [-0.3, -0.25) is 4.90 Å². The highest BCUT2D eigenvalue weighted by Crippen LogP contribution is 2.18. The van der Waals surface area contributed by atoms with Gasteiger partial charge in [0.25, 0.3) is 0 Å². The Morgan fingerprint density at radius 2 is 2.23 bits per heavy atom. The summed E-state index contributed by atoms with van der Waals surface area (Å²) in [6.45, 7) is 6.56. The molecule has 0 aromatic carbocycles. The lowest BCUT2D eigenvalue weighted by Gasteiger charge is -2.32. The predicted molar refractivity (Wildman–Crippen MR) is 89.3 cm³/mol. The van der Waals surface area contributed by atoms with Crippen LogP contribution in [0.5, 0.6) is 0 Å². The Morgan fingerprint density at radius 3 is 2.91 bits per heavy atom. The maximum atomic E-state index is 11.8. The van der Waals surface area contributed by atoms with Crippen LogP contribution in [0.1, 0.15) is 32.4 Å². The van der Waals surface area contributed by atoms with Gasteiger partial charge >= 0.3 is 0 Å². The molecule has 0 bridgehead atoms. The molecular formula is C15H24ClN3O2S. The van der Waals surface area contributed by atoms with Gasteiger partial charge in [0, 0.05) is 19.6 Å². The van der Waals surface area contributed by atoms with Crippen LogP contribution in [0.25, 0.3) is 0 Å². The average molecular weight is 346 g/mol. The SMILES string of the molecule is CC(C)S(=O)(=O)NC[C@H]1CCCN(Cc2cccc(Cl)n2)C1. The van der Waals surface area contributed by atoms with Crippen LogP contribution in [0, 0.1) is 5.92 Å². The highest BCUT2D eigenvalue weighted by Gasteiger charge is 2.23. The summed E-state index contributed by atoms with van der Waals surface area (Å²) in [7, 11) is -3.18. The van der Waals surface area contributed by atoms with Crippen molar-refractivity contribution < 1.29 is 8.42 Å². The number of piperidine rings is 1. The van der Waals surface area contributed by atoms with Gasteiger partial charge in [0.05, 0.1) is 10.9 Å². The summed E-state index contributed by atoms with van der Waals surface area (Å²) in [5.74, 6) is 0.349. The molecule has 22 heavy (non-hydrogen) atoms. The van der Waals surface area contributed by atoms with E-state index in [1.807, 2.05) is 12.1 Å². The Bertz CT molecular complexity index is 592. The molecule has 1 aliphatic rings. The number of likely N-dealkylation sites (tertiary alicyclic amines) is 1. The second-order valence-corrected chi connectivity index (χ2v) is 8.85. The smallest absolute Gasteiger partial charge is 0.213 e. The van der Waals surface area contributed by atoms with E-state index in [4.69, 9.17) is 11.6 Å². The first kappa shape index (κ1) is 17.7. The van der Waals surface area contributed by atoms with E-state index in [2.05, 4.69) is 14.6 Å². The van der Waals surface area contributed by atoms with E-state index in [1.54, 1.807) is 19.9 Å². The Hall–Kier alpha value is -0.690. The fourth-order valence-electron chi connectivity index (χ4n) is 2.63. The number of sulfonamides is 1. The van der Waals surface area contributed by atoms with E-state index in [0.29, 0.717) is 17.6 Å². The molecule has 1 aliphatic heterocycles. The first-order valence-electron chi connectivity index (χ1n) is 7.69. The van der Waals surface area contributed by atoms with Gasteiger partial charge in [-0.2, -0.15) is 0 Å². The lowest BCUT2D eigenvalue weighted by molar-refractivity contribution is 0.167. The van der Waals surface area contributed by atoms with E-state index in [-0.39, 0.29) is 5.25 Å². The number of nitrogens with zero attached hydrogens (tertiary/aromatic N) is 2. The van der Waals surface area contributed by atoms with Crippen molar-refractivity contribution in [3.8, 4) is 0 Å². The minimum Gasteiger partial charge on any atom is -0.297 e. The molecule has 1 N–H and O–H groups in total. The van der Waals surface area contributed by atoms with E-state index < -0.39 is 10.0 Å². The van der Waals surface area contributed by atoms with Crippen molar-refractivity contribution in [2.24, 2.45) is 5.92 Å². The van der Waals surface area contributed by atoms with Crippen molar-refractivity contribution in [1.82, 2.24) is 14.6 Å². The number of aromatic nitrogens is 1. The van der Waals surface area contributed by atoms with Crippen molar-refractivity contribution in [3.63, 3.8) is 0 Å². The van der Waals surface area contributed by atoms with Crippen LogP contribution >= 0.6 is 11.6 Å². The maximum Gasteiger partial charge on any atom is 0.213 e. The topological polar surface area (TPSA) is 62.3 Å². The van der Waals surface area contributed by atoms with E-state index in [9.17, 15) is 8.42 Å². The van der Waals surface area contributed by atoms with Gasteiger partial charge in [0.15, 0.2) is 0 Å². The van der Waals surface area contributed by atoms with Crippen molar-refractivity contribution >= 4 is 21.6 Å². The second-order valence-electron chi connectivity index (χ2n) is 6.14. The third kappa shape index (κ3) is 5.19. The second kappa shape index (κ2) is 7.73. The molecule has 1 atom stereocenters. The molecule has 0 radical (unpaired) electrons. The van der Waals surface area contributed by atoms with Crippen LogP contribution in [0.15, 0.2) is 18.2 Å². The molecule has 2 rings (SSSR count). The number of hydrogen-bond acceptors (Lipinski definition) is 4. The number of hydrogen-bond donors (Lipinski definition) is 1. The minimum absolute atomic E-state index is 0.349. The normalized spacial score (nSPS) is 20.5. The molecule has 0 spiro atoms. The summed E-state index contributed by atoms with van der Waals surface area (Å²) >= 11 is 5.91. The first-order valence-corrected chi connectivity index (χ1v) is 9.61. The summed E-state index contributed by atoms with van der Waals surface area (Å²) in [6, 6.07) is 5.64. The standard InChI is InChI=1S/C15H24ClN3O2S/c1-12(2)22(20,21)17-9-13-5-4-8-19(10-13)11-14-6-3-7-15(16)18-14/h3,6-7,12-13,17H,4-5,8-11H2,1-2H3/t13-/m1/s1. The molecule has 1 aromatic rings.